The van der Waals surface area contributed by atoms with Gasteiger partial charge < -0.3 is 15.3 Å². The van der Waals surface area contributed by atoms with Crippen LogP contribution in [0.3, 0.4) is 0 Å². The maximum absolute atomic E-state index is 9.29. The standard InChI is InChI=1S/C17H28N2O/c1-14-8-12-19(13-9-14)11-3-10-18-15(2)16-4-6-17(20)7-5-16/h4-7,14-15,18,20H,3,8-13H2,1-2H3. The van der Waals surface area contributed by atoms with E-state index in [1.165, 1.54) is 44.5 Å². The smallest absolute Gasteiger partial charge is 0.115 e. The Balaban J connectivity index is 1.62. The number of hydrogen-bond donors (Lipinski definition) is 2. The predicted octanol–water partition coefficient (Wildman–Crippen LogP) is 3.16. The summed E-state index contributed by atoms with van der Waals surface area (Å²) in [5, 5.41) is 12.8. The molecular formula is C17H28N2O. The molecule has 1 atom stereocenters. The molecule has 0 bridgehead atoms. The predicted molar refractivity (Wildman–Crippen MR) is 84.0 cm³/mol. The molecule has 0 aromatic heterocycles. The fourth-order valence-corrected chi connectivity index (χ4v) is 2.79. The number of phenolic OH excluding ortho intramolecular Hbond substituents is 1. The quantitative estimate of drug-likeness (QED) is 0.783. The van der Waals surface area contributed by atoms with Crippen molar-refractivity contribution in [1.82, 2.24) is 10.2 Å². The number of nitrogens with zero attached hydrogens (tertiary/aromatic N) is 1. The molecule has 1 heterocycles. The zero-order valence-electron chi connectivity index (χ0n) is 12.8. The van der Waals surface area contributed by atoms with E-state index < -0.39 is 0 Å². The summed E-state index contributed by atoms with van der Waals surface area (Å²) >= 11 is 0. The van der Waals surface area contributed by atoms with E-state index in [9.17, 15) is 5.11 Å². The molecule has 1 aromatic carbocycles. The molecule has 0 aliphatic carbocycles. The SMILES string of the molecule is CC1CCN(CCCNC(C)c2ccc(O)cc2)CC1. The number of phenols is 1. The van der Waals surface area contributed by atoms with Gasteiger partial charge in [0.2, 0.25) is 0 Å². The van der Waals surface area contributed by atoms with Gasteiger partial charge >= 0.3 is 0 Å². The summed E-state index contributed by atoms with van der Waals surface area (Å²) in [6.07, 6.45) is 3.92. The number of aromatic hydroxyl groups is 1. The maximum Gasteiger partial charge on any atom is 0.115 e. The van der Waals surface area contributed by atoms with Gasteiger partial charge in [0.05, 0.1) is 0 Å². The van der Waals surface area contributed by atoms with Crippen LogP contribution in [0, 0.1) is 5.92 Å². The van der Waals surface area contributed by atoms with Gasteiger partial charge in [-0.1, -0.05) is 19.1 Å². The van der Waals surface area contributed by atoms with Crippen LogP contribution in [-0.2, 0) is 0 Å². The second-order valence-electron chi connectivity index (χ2n) is 6.15. The molecule has 112 valence electrons. The first kappa shape index (κ1) is 15.3. The molecule has 1 unspecified atom stereocenters. The van der Waals surface area contributed by atoms with Crippen LogP contribution in [0.5, 0.6) is 5.75 Å². The van der Waals surface area contributed by atoms with E-state index in [4.69, 9.17) is 0 Å². The average molecular weight is 276 g/mol. The molecule has 1 fully saturated rings. The Morgan fingerprint density at radius 3 is 2.55 bits per heavy atom. The van der Waals surface area contributed by atoms with Crippen molar-refractivity contribution in [3.8, 4) is 5.75 Å². The van der Waals surface area contributed by atoms with Crippen molar-refractivity contribution >= 4 is 0 Å². The van der Waals surface area contributed by atoms with E-state index in [-0.39, 0.29) is 0 Å². The third kappa shape index (κ3) is 4.80. The molecule has 0 saturated carbocycles. The van der Waals surface area contributed by atoms with Gasteiger partial charge in [-0.15, -0.1) is 0 Å². The highest BCUT2D eigenvalue weighted by atomic mass is 16.3. The number of rotatable bonds is 6. The van der Waals surface area contributed by atoms with E-state index in [0.717, 1.165) is 12.5 Å². The highest BCUT2D eigenvalue weighted by Crippen LogP contribution is 2.17. The maximum atomic E-state index is 9.29. The molecule has 2 rings (SSSR count). The lowest BCUT2D eigenvalue weighted by Crippen LogP contribution is -2.35. The Morgan fingerprint density at radius 2 is 1.90 bits per heavy atom. The molecular weight excluding hydrogens is 248 g/mol. The average Bonchev–Trinajstić information content (AvgIpc) is 2.46. The van der Waals surface area contributed by atoms with Gasteiger partial charge in [-0.2, -0.15) is 0 Å². The fraction of sp³-hybridized carbons (Fsp3) is 0.647. The highest BCUT2D eigenvalue weighted by molar-refractivity contribution is 5.27. The summed E-state index contributed by atoms with van der Waals surface area (Å²) in [5.41, 5.74) is 1.23. The van der Waals surface area contributed by atoms with Crippen LogP contribution in [0.4, 0.5) is 0 Å². The van der Waals surface area contributed by atoms with Crippen molar-refractivity contribution in [3.05, 3.63) is 29.8 Å². The molecule has 1 aliphatic rings. The summed E-state index contributed by atoms with van der Waals surface area (Å²) in [4.78, 5) is 2.59. The Labute approximate surface area is 123 Å². The Kier molecular flexibility index (Phi) is 5.86. The highest BCUT2D eigenvalue weighted by Gasteiger charge is 2.14. The molecule has 1 saturated heterocycles. The van der Waals surface area contributed by atoms with Crippen LogP contribution >= 0.6 is 0 Å². The molecule has 1 aromatic rings. The number of hydrogen-bond acceptors (Lipinski definition) is 3. The van der Waals surface area contributed by atoms with E-state index in [1.807, 2.05) is 12.1 Å². The monoisotopic (exact) mass is 276 g/mol. The van der Waals surface area contributed by atoms with Crippen LogP contribution in [0.25, 0.3) is 0 Å². The van der Waals surface area contributed by atoms with Crippen molar-refractivity contribution in [2.24, 2.45) is 5.92 Å². The largest absolute Gasteiger partial charge is 0.508 e. The van der Waals surface area contributed by atoms with Gasteiger partial charge in [-0.3, -0.25) is 0 Å². The summed E-state index contributed by atoms with van der Waals surface area (Å²) in [6.45, 7) is 9.34. The molecule has 0 radical (unpaired) electrons. The summed E-state index contributed by atoms with van der Waals surface area (Å²) in [6, 6.07) is 7.82. The second kappa shape index (κ2) is 7.65. The zero-order chi connectivity index (χ0) is 14.4. The van der Waals surface area contributed by atoms with E-state index in [0.29, 0.717) is 11.8 Å². The minimum absolute atomic E-state index is 0.334. The molecule has 3 nitrogen and oxygen atoms in total. The van der Waals surface area contributed by atoms with E-state index >= 15 is 0 Å². The summed E-state index contributed by atoms with van der Waals surface area (Å²) < 4.78 is 0. The van der Waals surface area contributed by atoms with E-state index in [2.05, 4.69) is 24.1 Å². The lowest BCUT2D eigenvalue weighted by Gasteiger charge is -2.30. The number of benzene rings is 1. The first-order valence-corrected chi connectivity index (χ1v) is 7.90. The minimum atomic E-state index is 0.334. The van der Waals surface area contributed by atoms with Crippen molar-refractivity contribution in [2.75, 3.05) is 26.2 Å². The molecule has 20 heavy (non-hydrogen) atoms. The topological polar surface area (TPSA) is 35.5 Å². The van der Waals surface area contributed by atoms with Crippen LogP contribution in [0.15, 0.2) is 24.3 Å². The first-order chi connectivity index (χ1) is 9.65. The van der Waals surface area contributed by atoms with Crippen LogP contribution < -0.4 is 5.32 Å². The van der Waals surface area contributed by atoms with Gasteiger partial charge in [0, 0.05) is 6.04 Å². The zero-order valence-corrected chi connectivity index (χ0v) is 12.8. The van der Waals surface area contributed by atoms with Crippen molar-refractivity contribution in [2.45, 2.75) is 39.2 Å². The molecule has 0 amide bonds. The van der Waals surface area contributed by atoms with Crippen molar-refractivity contribution < 1.29 is 5.11 Å². The van der Waals surface area contributed by atoms with Crippen LogP contribution in [0.2, 0.25) is 0 Å². The fourth-order valence-electron chi connectivity index (χ4n) is 2.79. The number of likely N-dealkylation sites (tertiary alicyclic amines) is 1. The van der Waals surface area contributed by atoms with Gasteiger partial charge in [0.1, 0.15) is 5.75 Å². The normalized spacial score (nSPS) is 19.1. The Bertz CT molecular complexity index is 382. The minimum Gasteiger partial charge on any atom is -0.508 e. The van der Waals surface area contributed by atoms with Crippen LogP contribution in [0.1, 0.15) is 44.7 Å². The third-order valence-electron chi connectivity index (χ3n) is 4.37. The lowest BCUT2D eigenvalue weighted by molar-refractivity contribution is 0.190. The van der Waals surface area contributed by atoms with Gasteiger partial charge in [0.15, 0.2) is 0 Å². The second-order valence-corrected chi connectivity index (χ2v) is 6.15. The number of piperidine rings is 1. The van der Waals surface area contributed by atoms with Gasteiger partial charge in [-0.25, -0.2) is 0 Å². The molecule has 3 heteroatoms. The third-order valence-corrected chi connectivity index (χ3v) is 4.37. The molecule has 1 aliphatic heterocycles. The molecule has 0 spiro atoms. The van der Waals surface area contributed by atoms with Gasteiger partial charge in [-0.05, 0) is 76.0 Å². The Hall–Kier alpha value is -1.06. The Morgan fingerprint density at radius 1 is 1.25 bits per heavy atom. The lowest BCUT2D eigenvalue weighted by atomic mass is 9.99. The number of nitrogens with one attached hydrogen (secondary N) is 1. The van der Waals surface area contributed by atoms with Crippen molar-refractivity contribution in [1.29, 1.82) is 0 Å². The van der Waals surface area contributed by atoms with Crippen LogP contribution in [-0.4, -0.2) is 36.2 Å². The molecule has 2 N–H and O–H groups in total. The summed E-state index contributed by atoms with van der Waals surface area (Å²) in [5.74, 6) is 1.25. The summed E-state index contributed by atoms with van der Waals surface area (Å²) in [7, 11) is 0. The first-order valence-electron chi connectivity index (χ1n) is 7.90. The van der Waals surface area contributed by atoms with Crippen molar-refractivity contribution in [3.63, 3.8) is 0 Å². The van der Waals surface area contributed by atoms with E-state index in [1.54, 1.807) is 12.1 Å². The van der Waals surface area contributed by atoms with Gasteiger partial charge in [0.25, 0.3) is 0 Å².